The van der Waals surface area contributed by atoms with Gasteiger partial charge in [0.25, 0.3) is 0 Å². The minimum Gasteiger partial charge on any atom is -0.370 e. The first kappa shape index (κ1) is 15.3. The molecule has 2 unspecified atom stereocenters. The summed E-state index contributed by atoms with van der Waals surface area (Å²) in [5.41, 5.74) is 6.71. The number of carbonyl (C=O) groups is 1. The number of carbonyl (C=O) groups excluding carboxylic acids is 1. The lowest BCUT2D eigenvalue weighted by atomic mass is 10.0. The van der Waals surface area contributed by atoms with E-state index in [0.29, 0.717) is 31.3 Å². The number of nitrogens with two attached hydrogens (primary N) is 1. The van der Waals surface area contributed by atoms with Crippen LogP contribution >= 0.6 is 11.6 Å². The molecule has 1 aliphatic heterocycles. The minimum absolute atomic E-state index is 0.0831. The third kappa shape index (κ3) is 3.51. The van der Waals surface area contributed by atoms with Gasteiger partial charge in [0, 0.05) is 18.1 Å². The lowest BCUT2D eigenvalue weighted by molar-refractivity contribution is -0.143. The number of ether oxygens (including phenoxy) is 1. The van der Waals surface area contributed by atoms with Crippen LogP contribution in [0.25, 0.3) is 0 Å². The van der Waals surface area contributed by atoms with Crippen molar-refractivity contribution in [3.63, 3.8) is 0 Å². The SMILES string of the molecule is CCC(CN)C(=O)N1CCOC(c2ccc(Cl)cc2)C1. The van der Waals surface area contributed by atoms with Crippen LogP contribution in [-0.4, -0.2) is 37.0 Å². The summed E-state index contributed by atoms with van der Waals surface area (Å²) in [5, 5.41) is 0.701. The highest BCUT2D eigenvalue weighted by Crippen LogP contribution is 2.24. The van der Waals surface area contributed by atoms with E-state index < -0.39 is 0 Å². The van der Waals surface area contributed by atoms with Crippen molar-refractivity contribution < 1.29 is 9.53 Å². The normalized spacial score (nSPS) is 20.8. The van der Waals surface area contributed by atoms with Crippen LogP contribution in [0.2, 0.25) is 5.02 Å². The number of benzene rings is 1. The Morgan fingerprint density at radius 2 is 2.20 bits per heavy atom. The molecule has 2 atom stereocenters. The van der Waals surface area contributed by atoms with Gasteiger partial charge in [0.2, 0.25) is 5.91 Å². The maximum absolute atomic E-state index is 12.4. The molecule has 0 aromatic heterocycles. The Morgan fingerprint density at radius 1 is 1.50 bits per heavy atom. The molecule has 2 N–H and O–H groups in total. The molecule has 1 saturated heterocycles. The van der Waals surface area contributed by atoms with Crippen LogP contribution < -0.4 is 5.73 Å². The van der Waals surface area contributed by atoms with Crippen molar-refractivity contribution in [2.45, 2.75) is 19.4 Å². The van der Waals surface area contributed by atoms with Crippen molar-refractivity contribution >= 4 is 17.5 Å². The molecule has 1 aromatic carbocycles. The van der Waals surface area contributed by atoms with E-state index in [0.717, 1.165) is 12.0 Å². The Bertz CT molecular complexity index is 446. The number of rotatable bonds is 4. The van der Waals surface area contributed by atoms with Crippen LogP contribution in [0, 0.1) is 5.92 Å². The fourth-order valence-electron chi connectivity index (χ4n) is 2.43. The first-order valence-corrected chi connectivity index (χ1v) is 7.39. The van der Waals surface area contributed by atoms with Gasteiger partial charge in [-0.05, 0) is 24.1 Å². The lowest BCUT2D eigenvalue weighted by Gasteiger charge is -2.35. The molecule has 1 aromatic rings. The Balaban J connectivity index is 2.04. The molecule has 0 saturated carbocycles. The number of halogens is 1. The molecule has 1 fully saturated rings. The third-order valence-electron chi connectivity index (χ3n) is 3.75. The summed E-state index contributed by atoms with van der Waals surface area (Å²) in [5.74, 6) is 0.0521. The molecule has 1 heterocycles. The van der Waals surface area contributed by atoms with Crippen LogP contribution in [0.15, 0.2) is 24.3 Å². The van der Waals surface area contributed by atoms with Gasteiger partial charge in [-0.2, -0.15) is 0 Å². The smallest absolute Gasteiger partial charge is 0.227 e. The summed E-state index contributed by atoms with van der Waals surface area (Å²) in [7, 11) is 0. The molecule has 2 rings (SSSR count). The second kappa shape index (κ2) is 7.07. The summed E-state index contributed by atoms with van der Waals surface area (Å²) < 4.78 is 5.76. The minimum atomic E-state index is -0.0843. The van der Waals surface area contributed by atoms with Crippen molar-refractivity contribution in [2.75, 3.05) is 26.2 Å². The number of hydrogen-bond donors (Lipinski definition) is 1. The number of hydrogen-bond acceptors (Lipinski definition) is 3. The van der Waals surface area contributed by atoms with Gasteiger partial charge in [-0.25, -0.2) is 0 Å². The first-order chi connectivity index (χ1) is 9.65. The maximum Gasteiger partial charge on any atom is 0.227 e. The van der Waals surface area contributed by atoms with Crippen LogP contribution in [0.5, 0.6) is 0 Å². The highest BCUT2D eigenvalue weighted by Gasteiger charge is 2.28. The molecule has 0 spiro atoms. The van der Waals surface area contributed by atoms with E-state index in [2.05, 4.69) is 0 Å². The number of amides is 1. The maximum atomic E-state index is 12.4. The Kier molecular flexibility index (Phi) is 5.40. The third-order valence-corrected chi connectivity index (χ3v) is 4.00. The van der Waals surface area contributed by atoms with E-state index in [-0.39, 0.29) is 17.9 Å². The summed E-state index contributed by atoms with van der Waals surface area (Å²) in [6, 6.07) is 7.58. The fourth-order valence-corrected chi connectivity index (χ4v) is 2.55. The van der Waals surface area contributed by atoms with E-state index in [1.807, 2.05) is 36.1 Å². The molecular weight excluding hydrogens is 276 g/mol. The van der Waals surface area contributed by atoms with Crippen molar-refractivity contribution in [2.24, 2.45) is 11.7 Å². The summed E-state index contributed by atoms with van der Waals surface area (Å²) in [6.45, 7) is 4.17. The predicted molar refractivity (Wildman–Crippen MR) is 79.6 cm³/mol. The Hall–Kier alpha value is -1.10. The second-order valence-corrected chi connectivity index (χ2v) is 5.47. The molecule has 0 bridgehead atoms. The van der Waals surface area contributed by atoms with Crippen LogP contribution in [0.3, 0.4) is 0 Å². The van der Waals surface area contributed by atoms with Gasteiger partial charge in [-0.1, -0.05) is 30.7 Å². The van der Waals surface area contributed by atoms with Gasteiger partial charge in [0.15, 0.2) is 0 Å². The first-order valence-electron chi connectivity index (χ1n) is 7.01. The Morgan fingerprint density at radius 3 is 2.80 bits per heavy atom. The highest BCUT2D eigenvalue weighted by molar-refractivity contribution is 6.30. The molecule has 5 heteroatoms. The summed E-state index contributed by atoms with van der Waals surface area (Å²) in [6.07, 6.45) is 0.693. The van der Waals surface area contributed by atoms with Gasteiger partial charge in [0.05, 0.1) is 19.1 Å². The van der Waals surface area contributed by atoms with E-state index in [1.165, 1.54) is 0 Å². The molecule has 1 aliphatic rings. The zero-order valence-electron chi connectivity index (χ0n) is 11.7. The molecular formula is C15H21ClN2O2. The van der Waals surface area contributed by atoms with E-state index >= 15 is 0 Å². The molecule has 110 valence electrons. The monoisotopic (exact) mass is 296 g/mol. The van der Waals surface area contributed by atoms with Crippen LogP contribution in [-0.2, 0) is 9.53 Å². The van der Waals surface area contributed by atoms with E-state index in [4.69, 9.17) is 22.1 Å². The van der Waals surface area contributed by atoms with Gasteiger partial charge in [0.1, 0.15) is 6.10 Å². The van der Waals surface area contributed by atoms with E-state index in [9.17, 15) is 4.79 Å². The molecule has 0 radical (unpaired) electrons. The van der Waals surface area contributed by atoms with Gasteiger partial charge in [-0.15, -0.1) is 0 Å². The molecule has 20 heavy (non-hydrogen) atoms. The van der Waals surface area contributed by atoms with Crippen molar-refractivity contribution in [3.05, 3.63) is 34.9 Å². The second-order valence-electron chi connectivity index (χ2n) is 5.04. The fraction of sp³-hybridized carbons (Fsp3) is 0.533. The zero-order chi connectivity index (χ0) is 14.5. The number of nitrogens with zero attached hydrogens (tertiary/aromatic N) is 1. The zero-order valence-corrected chi connectivity index (χ0v) is 12.5. The quantitative estimate of drug-likeness (QED) is 0.927. The predicted octanol–water partition coefficient (Wildman–Crippen LogP) is 2.22. The average molecular weight is 297 g/mol. The van der Waals surface area contributed by atoms with Crippen LogP contribution in [0.4, 0.5) is 0 Å². The van der Waals surface area contributed by atoms with Crippen molar-refractivity contribution in [1.29, 1.82) is 0 Å². The standard InChI is InChI=1S/C15H21ClN2O2/c1-2-11(9-17)15(19)18-7-8-20-14(10-18)12-3-5-13(16)6-4-12/h3-6,11,14H,2,7-10,17H2,1H3. The summed E-state index contributed by atoms with van der Waals surface area (Å²) >= 11 is 5.89. The van der Waals surface area contributed by atoms with Crippen LogP contribution in [0.1, 0.15) is 25.0 Å². The van der Waals surface area contributed by atoms with Crippen molar-refractivity contribution in [1.82, 2.24) is 4.90 Å². The largest absolute Gasteiger partial charge is 0.370 e. The molecule has 0 aliphatic carbocycles. The summed E-state index contributed by atoms with van der Waals surface area (Å²) in [4.78, 5) is 14.2. The average Bonchev–Trinajstić information content (AvgIpc) is 2.49. The van der Waals surface area contributed by atoms with Gasteiger partial charge in [-0.3, -0.25) is 4.79 Å². The van der Waals surface area contributed by atoms with Gasteiger partial charge < -0.3 is 15.4 Å². The van der Waals surface area contributed by atoms with E-state index in [1.54, 1.807) is 0 Å². The molecule has 1 amide bonds. The van der Waals surface area contributed by atoms with Crippen molar-refractivity contribution in [3.8, 4) is 0 Å². The molecule has 4 nitrogen and oxygen atoms in total. The lowest BCUT2D eigenvalue weighted by Crippen LogP contribution is -2.46. The highest BCUT2D eigenvalue weighted by atomic mass is 35.5. The van der Waals surface area contributed by atoms with Gasteiger partial charge >= 0.3 is 0 Å². The Labute approximate surface area is 124 Å². The number of morpholine rings is 1. The topological polar surface area (TPSA) is 55.6 Å².